The molecule has 1 aromatic carbocycles. The third-order valence-electron chi connectivity index (χ3n) is 4.63. The highest BCUT2D eigenvalue weighted by Gasteiger charge is 2.22. The van der Waals surface area contributed by atoms with E-state index in [1.165, 1.54) is 13.1 Å². The molecule has 7 heteroatoms. The van der Waals surface area contributed by atoms with Crippen LogP contribution in [0.4, 0.5) is 5.82 Å². The Hall–Kier alpha value is -2.85. The number of aromatic nitrogens is 2. The summed E-state index contributed by atoms with van der Waals surface area (Å²) in [6.45, 7) is 1.59. The predicted octanol–water partition coefficient (Wildman–Crippen LogP) is 1.03. The topological polar surface area (TPSA) is 97.1 Å². The monoisotopic (exact) mass is 355 g/mol. The Balaban J connectivity index is 0.00000243. The van der Waals surface area contributed by atoms with Crippen molar-refractivity contribution in [2.24, 2.45) is 12.8 Å². The van der Waals surface area contributed by atoms with E-state index in [1.807, 2.05) is 17.0 Å². The number of hydrogen-bond acceptors (Lipinski definition) is 5. The Bertz CT molecular complexity index is 938. The first kappa shape index (κ1) is 19.5. The lowest BCUT2D eigenvalue weighted by Gasteiger charge is -2.34. The molecule has 0 unspecified atom stereocenters. The van der Waals surface area contributed by atoms with Crippen molar-refractivity contribution < 1.29 is 0 Å². The van der Waals surface area contributed by atoms with Crippen LogP contribution in [0.1, 0.15) is 31.4 Å². The molecule has 0 radical (unpaired) electrons. The molecule has 1 aliphatic heterocycles. The standard InChI is InChI=1S/C18H21N5O2.CH4/c1-21-17(24)9-16(22-8-4-7-15(20)12-22)23(18(21)25)11-14-6-3-2-5-13(14)10-19;/h2-3,5-6,9,15H,4,7-8,11-12,20H2,1H3;1H4/t15-;/m1./s1. The maximum atomic E-state index is 12.7. The van der Waals surface area contributed by atoms with Gasteiger partial charge in [-0.15, -0.1) is 0 Å². The van der Waals surface area contributed by atoms with Crippen molar-refractivity contribution in [3.05, 3.63) is 62.3 Å². The summed E-state index contributed by atoms with van der Waals surface area (Å²) in [4.78, 5) is 26.9. The molecule has 0 saturated carbocycles. The molecule has 0 bridgehead atoms. The van der Waals surface area contributed by atoms with Gasteiger partial charge in [-0.3, -0.25) is 13.9 Å². The average molecular weight is 355 g/mol. The largest absolute Gasteiger partial charge is 0.356 e. The van der Waals surface area contributed by atoms with Crippen LogP contribution in [0.25, 0.3) is 0 Å². The van der Waals surface area contributed by atoms with Crippen LogP contribution in [0.2, 0.25) is 0 Å². The summed E-state index contributed by atoms with van der Waals surface area (Å²) in [7, 11) is 1.46. The SMILES string of the molecule is C.Cn1c(=O)cc(N2CCC[C@@H](N)C2)n(Cc2ccccc2C#N)c1=O. The third kappa shape index (κ3) is 3.70. The summed E-state index contributed by atoms with van der Waals surface area (Å²) in [5.41, 5.74) is 6.59. The second-order valence-electron chi connectivity index (χ2n) is 6.39. The van der Waals surface area contributed by atoms with Gasteiger partial charge in [0, 0.05) is 32.2 Å². The van der Waals surface area contributed by atoms with Crippen molar-refractivity contribution in [2.75, 3.05) is 18.0 Å². The van der Waals surface area contributed by atoms with Crippen LogP contribution in [0.5, 0.6) is 0 Å². The van der Waals surface area contributed by atoms with E-state index in [-0.39, 0.29) is 25.6 Å². The Morgan fingerprint density at radius 3 is 2.73 bits per heavy atom. The molecule has 2 N–H and O–H groups in total. The molecular formula is C19H25N5O2. The van der Waals surface area contributed by atoms with Crippen LogP contribution < -0.4 is 21.9 Å². The summed E-state index contributed by atoms with van der Waals surface area (Å²) in [6, 6.07) is 10.8. The molecule has 0 aliphatic carbocycles. The molecule has 1 atom stereocenters. The minimum atomic E-state index is -0.394. The van der Waals surface area contributed by atoms with Gasteiger partial charge in [0.05, 0.1) is 18.2 Å². The van der Waals surface area contributed by atoms with Crippen molar-refractivity contribution in [1.29, 1.82) is 5.26 Å². The number of piperidine rings is 1. The van der Waals surface area contributed by atoms with Crippen LogP contribution >= 0.6 is 0 Å². The molecule has 3 rings (SSSR count). The number of rotatable bonds is 3. The second kappa shape index (κ2) is 8.02. The molecule has 1 fully saturated rings. The van der Waals surface area contributed by atoms with E-state index in [9.17, 15) is 14.9 Å². The maximum absolute atomic E-state index is 12.7. The zero-order chi connectivity index (χ0) is 18.0. The van der Waals surface area contributed by atoms with Crippen molar-refractivity contribution in [2.45, 2.75) is 32.9 Å². The van der Waals surface area contributed by atoms with Gasteiger partial charge in [-0.25, -0.2) is 4.79 Å². The molecule has 1 saturated heterocycles. The highest BCUT2D eigenvalue weighted by Crippen LogP contribution is 2.19. The number of nitriles is 1. The normalized spacial score (nSPS) is 16.7. The van der Waals surface area contributed by atoms with E-state index in [1.54, 1.807) is 16.7 Å². The van der Waals surface area contributed by atoms with Crippen molar-refractivity contribution >= 4 is 5.82 Å². The first-order valence-corrected chi connectivity index (χ1v) is 8.30. The van der Waals surface area contributed by atoms with Crippen molar-refractivity contribution in [1.82, 2.24) is 9.13 Å². The Morgan fingerprint density at radius 2 is 2.04 bits per heavy atom. The summed E-state index contributed by atoms with van der Waals surface area (Å²) in [6.07, 6.45) is 1.85. The fourth-order valence-electron chi connectivity index (χ4n) is 3.22. The second-order valence-corrected chi connectivity index (χ2v) is 6.39. The highest BCUT2D eigenvalue weighted by molar-refractivity contribution is 5.42. The molecule has 1 aromatic heterocycles. The molecule has 1 aliphatic rings. The predicted molar refractivity (Wildman–Crippen MR) is 102 cm³/mol. The van der Waals surface area contributed by atoms with Crippen molar-refractivity contribution in [3.63, 3.8) is 0 Å². The van der Waals surface area contributed by atoms with Crippen LogP contribution in [-0.4, -0.2) is 28.3 Å². The van der Waals surface area contributed by atoms with Gasteiger partial charge in [-0.1, -0.05) is 25.6 Å². The highest BCUT2D eigenvalue weighted by atomic mass is 16.2. The number of hydrogen-bond donors (Lipinski definition) is 1. The van der Waals surface area contributed by atoms with Gasteiger partial charge in [0.25, 0.3) is 5.56 Å². The molecule has 138 valence electrons. The fraction of sp³-hybridized carbons (Fsp3) is 0.421. The van der Waals surface area contributed by atoms with Crippen LogP contribution in [0.15, 0.2) is 39.9 Å². The average Bonchev–Trinajstić information content (AvgIpc) is 2.62. The fourth-order valence-corrected chi connectivity index (χ4v) is 3.22. The third-order valence-corrected chi connectivity index (χ3v) is 4.63. The number of nitrogens with zero attached hydrogens (tertiary/aromatic N) is 4. The zero-order valence-corrected chi connectivity index (χ0v) is 14.2. The van der Waals surface area contributed by atoms with Gasteiger partial charge in [-0.2, -0.15) is 5.26 Å². The van der Waals surface area contributed by atoms with E-state index in [0.29, 0.717) is 17.9 Å². The Morgan fingerprint density at radius 1 is 1.31 bits per heavy atom. The first-order chi connectivity index (χ1) is 12.0. The Labute approximate surface area is 152 Å². The maximum Gasteiger partial charge on any atom is 0.332 e. The first-order valence-electron chi connectivity index (χ1n) is 8.30. The molecule has 0 spiro atoms. The lowest BCUT2D eigenvalue weighted by molar-refractivity contribution is 0.491. The van der Waals surface area contributed by atoms with E-state index in [4.69, 9.17) is 5.73 Å². The van der Waals surface area contributed by atoms with Gasteiger partial charge in [0.2, 0.25) is 0 Å². The van der Waals surface area contributed by atoms with Gasteiger partial charge in [-0.05, 0) is 24.5 Å². The summed E-state index contributed by atoms with van der Waals surface area (Å²) < 4.78 is 2.64. The van der Waals surface area contributed by atoms with E-state index in [0.717, 1.165) is 29.5 Å². The summed E-state index contributed by atoms with van der Waals surface area (Å²) >= 11 is 0. The van der Waals surface area contributed by atoms with E-state index < -0.39 is 5.69 Å². The van der Waals surface area contributed by atoms with Gasteiger partial charge in [0.1, 0.15) is 5.82 Å². The smallest absolute Gasteiger partial charge is 0.332 e. The van der Waals surface area contributed by atoms with E-state index in [2.05, 4.69) is 6.07 Å². The lowest BCUT2D eigenvalue weighted by atomic mass is 10.1. The van der Waals surface area contributed by atoms with Gasteiger partial charge < -0.3 is 10.6 Å². The summed E-state index contributed by atoms with van der Waals surface area (Å²) in [5.74, 6) is 0.566. The molecular weight excluding hydrogens is 330 g/mol. The van der Waals surface area contributed by atoms with Crippen LogP contribution in [-0.2, 0) is 13.6 Å². The lowest BCUT2D eigenvalue weighted by Crippen LogP contribution is -2.47. The minimum Gasteiger partial charge on any atom is -0.356 e. The molecule has 2 heterocycles. The van der Waals surface area contributed by atoms with Gasteiger partial charge in [0.15, 0.2) is 0 Å². The number of benzene rings is 1. The molecule has 26 heavy (non-hydrogen) atoms. The van der Waals surface area contributed by atoms with E-state index >= 15 is 0 Å². The Kier molecular flexibility index (Phi) is 6.01. The molecule has 0 amide bonds. The number of anilines is 1. The quantitative estimate of drug-likeness (QED) is 0.887. The summed E-state index contributed by atoms with van der Waals surface area (Å²) in [5, 5.41) is 9.30. The van der Waals surface area contributed by atoms with Crippen LogP contribution in [0.3, 0.4) is 0 Å². The number of nitrogens with two attached hydrogens (primary N) is 1. The molecule has 2 aromatic rings. The van der Waals surface area contributed by atoms with Gasteiger partial charge >= 0.3 is 5.69 Å². The zero-order valence-electron chi connectivity index (χ0n) is 14.2. The minimum absolute atomic E-state index is 0. The van der Waals surface area contributed by atoms with Crippen molar-refractivity contribution in [3.8, 4) is 6.07 Å². The molecule has 7 nitrogen and oxygen atoms in total. The van der Waals surface area contributed by atoms with Crippen LogP contribution in [0, 0.1) is 11.3 Å².